The van der Waals surface area contributed by atoms with Crippen LogP contribution in [0.3, 0.4) is 0 Å². The molecule has 0 aromatic heterocycles. The van der Waals surface area contributed by atoms with Gasteiger partial charge < -0.3 is 10.4 Å². The molecule has 7 heteroatoms. The van der Waals surface area contributed by atoms with E-state index in [2.05, 4.69) is 15.6 Å². The Morgan fingerprint density at radius 3 is 2.87 bits per heavy atom. The smallest absolute Gasteiger partial charge is 0.323 e. The number of allylic oxidation sites excluding steroid dienone is 1. The van der Waals surface area contributed by atoms with Crippen LogP contribution in [-0.4, -0.2) is 28.1 Å². The summed E-state index contributed by atoms with van der Waals surface area (Å²) in [5.41, 5.74) is -1.18. The quantitative estimate of drug-likeness (QED) is 0.676. The summed E-state index contributed by atoms with van der Waals surface area (Å²) >= 11 is 5.45. The zero-order chi connectivity index (χ0) is 11.6. The molecule has 0 aliphatic carbocycles. The van der Waals surface area contributed by atoms with Gasteiger partial charge in [0.25, 0.3) is 0 Å². The highest BCUT2D eigenvalue weighted by Crippen LogP contribution is 2.11. The lowest BCUT2D eigenvalue weighted by Crippen LogP contribution is -2.55. The Bertz CT molecular complexity index is 341. The molecule has 0 radical (unpaired) electrons. The van der Waals surface area contributed by atoms with E-state index < -0.39 is 23.6 Å². The zero-order valence-electron chi connectivity index (χ0n) is 8.21. The molecule has 1 aliphatic heterocycles. The normalized spacial score (nSPS) is 21.5. The van der Waals surface area contributed by atoms with Crippen LogP contribution in [0.25, 0.3) is 0 Å². The molecule has 84 valence electrons. The molecule has 1 heterocycles. The predicted molar refractivity (Wildman–Crippen MR) is 54.3 cm³/mol. The number of nitrogens with zero attached hydrogens (tertiary/aromatic N) is 1. The van der Waals surface area contributed by atoms with E-state index >= 15 is 0 Å². The molecule has 0 spiro atoms. The van der Waals surface area contributed by atoms with Gasteiger partial charge in [0.05, 0.1) is 0 Å². The topological polar surface area (TPSA) is 73.7 Å². The zero-order valence-corrected chi connectivity index (χ0v) is 8.97. The van der Waals surface area contributed by atoms with E-state index in [4.69, 9.17) is 16.7 Å². The molecule has 0 fully saturated rings. The van der Waals surface area contributed by atoms with Crippen molar-refractivity contribution in [2.75, 3.05) is 0 Å². The monoisotopic (exact) mass is 235 g/mol. The van der Waals surface area contributed by atoms with Gasteiger partial charge in [-0.25, -0.2) is 9.38 Å². The highest BCUT2D eigenvalue weighted by atomic mass is 35.5. The molecule has 5 nitrogen and oxygen atoms in total. The van der Waals surface area contributed by atoms with Crippen molar-refractivity contribution in [1.82, 2.24) is 10.6 Å². The van der Waals surface area contributed by atoms with E-state index in [0.29, 0.717) is 0 Å². The minimum atomic E-state index is -1.18. The summed E-state index contributed by atoms with van der Waals surface area (Å²) in [5.74, 6) is -1.71. The summed E-state index contributed by atoms with van der Waals surface area (Å²) in [6.07, 6.45) is 0.286. The van der Waals surface area contributed by atoms with Gasteiger partial charge >= 0.3 is 5.97 Å². The van der Waals surface area contributed by atoms with Crippen LogP contribution in [0.2, 0.25) is 0 Å². The Hall–Kier alpha value is -1.14. The molecule has 1 rings (SSSR count). The van der Waals surface area contributed by atoms with Crippen LogP contribution in [0.15, 0.2) is 17.0 Å². The number of rotatable bonds is 3. The van der Waals surface area contributed by atoms with Crippen LogP contribution >= 0.6 is 11.6 Å². The Kier molecular flexibility index (Phi) is 3.31. The lowest BCUT2D eigenvalue weighted by Gasteiger charge is -2.27. The molecular formula is C8H11ClFN3O2. The van der Waals surface area contributed by atoms with Crippen LogP contribution in [-0.2, 0) is 4.79 Å². The van der Waals surface area contributed by atoms with Gasteiger partial charge in [-0.1, -0.05) is 11.6 Å². The van der Waals surface area contributed by atoms with Gasteiger partial charge in [0.1, 0.15) is 5.54 Å². The molecule has 1 unspecified atom stereocenters. The fourth-order valence-corrected chi connectivity index (χ4v) is 1.05. The standard InChI is InChI=1S/C8H11ClFN3O2/c1-8(2,6(14)15)13-7-11-3-4(10)5(9)12-7/h3,7,11,13H,1-2H3,(H,14,15). The van der Waals surface area contributed by atoms with Crippen LogP contribution < -0.4 is 10.6 Å². The average Bonchev–Trinajstić information content (AvgIpc) is 2.10. The number of carboxylic acid groups (broad SMARTS) is 1. The first kappa shape index (κ1) is 11.9. The van der Waals surface area contributed by atoms with Crippen LogP contribution in [0.5, 0.6) is 0 Å². The molecule has 0 saturated carbocycles. The second-order valence-corrected chi connectivity index (χ2v) is 3.91. The summed E-state index contributed by atoms with van der Waals surface area (Å²) in [4.78, 5) is 14.5. The third-order valence-electron chi connectivity index (χ3n) is 1.84. The van der Waals surface area contributed by atoms with Crippen molar-refractivity contribution >= 4 is 22.7 Å². The first-order valence-corrected chi connectivity index (χ1v) is 4.57. The SMILES string of the molecule is CC(C)(NC1N=C(Cl)C(F)=CN1)C(=O)O. The van der Waals surface area contributed by atoms with Crippen molar-refractivity contribution in [3.8, 4) is 0 Å². The number of carbonyl (C=O) groups is 1. The largest absolute Gasteiger partial charge is 0.480 e. The molecule has 1 atom stereocenters. The highest BCUT2D eigenvalue weighted by molar-refractivity contribution is 6.69. The number of hydrogen-bond acceptors (Lipinski definition) is 4. The van der Waals surface area contributed by atoms with Crippen molar-refractivity contribution in [1.29, 1.82) is 0 Å². The van der Waals surface area contributed by atoms with E-state index in [-0.39, 0.29) is 5.17 Å². The van der Waals surface area contributed by atoms with Crippen molar-refractivity contribution in [3.05, 3.63) is 12.0 Å². The van der Waals surface area contributed by atoms with Gasteiger partial charge in [0.15, 0.2) is 17.3 Å². The Labute approximate surface area is 91.0 Å². The summed E-state index contributed by atoms with van der Waals surface area (Å²) in [6, 6.07) is 0. The van der Waals surface area contributed by atoms with E-state index in [1.807, 2.05) is 0 Å². The lowest BCUT2D eigenvalue weighted by molar-refractivity contribution is -0.143. The molecule has 0 aromatic rings. The van der Waals surface area contributed by atoms with Crippen LogP contribution in [0.1, 0.15) is 13.8 Å². The maximum Gasteiger partial charge on any atom is 0.323 e. The number of halogens is 2. The third kappa shape index (κ3) is 2.90. The van der Waals surface area contributed by atoms with Gasteiger partial charge in [0.2, 0.25) is 0 Å². The van der Waals surface area contributed by atoms with Gasteiger partial charge in [-0.05, 0) is 13.8 Å². The number of carboxylic acids is 1. The molecule has 0 amide bonds. The molecule has 15 heavy (non-hydrogen) atoms. The Balaban J connectivity index is 2.67. The maximum absolute atomic E-state index is 12.7. The van der Waals surface area contributed by atoms with Crippen molar-refractivity contribution in [2.45, 2.75) is 25.7 Å². The summed E-state index contributed by atoms with van der Waals surface area (Å²) < 4.78 is 12.7. The third-order valence-corrected chi connectivity index (χ3v) is 2.12. The Morgan fingerprint density at radius 1 is 1.80 bits per heavy atom. The minimum absolute atomic E-state index is 0.285. The summed E-state index contributed by atoms with van der Waals surface area (Å²) in [6.45, 7) is 2.93. The van der Waals surface area contributed by atoms with Crippen LogP contribution in [0.4, 0.5) is 4.39 Å². The fraction of sp³-hybridized carbons (Fsp3) is 0.500. The number of nitrogens with one attached hydrogen (secondary N) is 2. The predicted octanol–water partition coefficient (Wildman–Crippen LogP) is 0.774. The lowest BCUT2D eigenvalue weighted by atomic mass is 10.1. The molecule has 3 N–H and O–H groups in total. The number of aliphatic carboxylic acids is 1. The first-order chi connectivity index (χ1) is 6.83. The van der Waals surface area contributed by atoms with Gasteiger partial charge in [-0.2, -0.15) is 0 Å². The maximum atomic E-state index is 12.7. The molecular weight excluding hydrogens is 225 g/mol. The highest BCUT2D eigenvalue weighted by Gasteiger charge is 2.30. The summed E-state index contributed by atoms with van der Waals surface area (Å²) in [7, 11) is 0. The van der Waals surface area contributed by atoms with E-state index in [1.165, 1.54) is 13.8 Å². The molecule has 1 aliphatic rings. The minimum Gasteiger partial charge on any atom is -0.480 e. The van der Waals surface area contributed by atoms with E-state index in [0.717, 1.165) is 6.20 Å². The second kappa shape index (κ2) is 4.16. The second-order valence-electron chi connectivity index (χ2n) is 3.56. The van der Waals surface area contributed by atoms with Crippen molar-refractivity contribution in [2.24, 2.45) is 4.99 Å². The van der Waals surface area contributed by atoms with E-state index in [1.54, 1.807) is 0 Å². The van der Waals surface area contributed by atoms with Gasteiger partial charge in [-0.3, -0.25) is 10.1 Å². The van der Waals surface area contributed by atoms with Crippen LogP contribution in [0, 0.1) is 0 Å². The van der Waals surface area contributed by atoms with Gasteiger partial charge in [0, 0.05) is 6.20 Å². The summed E-state index contributed by atoms with van der Waals surface area (Å²) in [5, 5.41) is 13.7. The molecule has 0 aromatic carbocycles. The first-order valence-electron chi connectivity index (χ1n) is 4.19. The Morgan fingerprint density at radius 2 is 2.40 bits per heavy atom. The molecule has 0 bridgehead atoms. The van der Waals surface area contributed by atoms with Crippen molar-refractivity contribution in [3.63, 3.8) is 0 Å². The number of aliphatic imine (C=N–C) groups is 1. The van der Waals surface area contributed by atoms with E-state index in [9.17, 15) is 9.18 Å². The van der Waals surface area contributed by atoms with Gasteiger partial charge in [-0.15, -0.1) is 0 Å². The fourth-order valence-electron chi connectivity index (χ4n) is 0.901. The number of hydrogen-bond donors (Lipinski definition) is 3. The van der Waals surface area contributed by atoms with Crippen molar-refractivity contribution < 1.29 is 14.3 Å². The average molecular weight is 236 g/mol. The molecule has 0 saturated heterocycles.